The third-order valence-corrected chi connectivity index (χ3v) is 10.5. The number of benzene rings is 1. The van der Waals surface area contributed by atoms with Crippen molar-refractivity contribution in [3.63, 3.8) is 0 Å². The first kappa shape index (κ1) is 31.1. The summed E-state index contributed by atoms with van der Waals surface area (Å²) >= 11 is 0. The lowest BCUT2D eigenvalue weighted by Crippen LogP contribution is -2.59. The predicted molar refractivity (Wildman–Crippen MR) is 172 cm³/mol. The molecule has 3 N–H and O–H groups in total. The second-order valence-corrected chi connectivity index (χ2v) is 13.9. The van der Waals surface area contributed by atoms with Crippen LogP contribution >= 0.6 is 0 Å². The van der Waals surface area contributed by atoms with Crippen molar-refractivity contribution in [2.45, 2.75) is 123 Å². The Labute approximate surface area is 261 Å². The van der Waals surface area contributed by atoms with E-state index in [4.69, 9.17) is 14.2 Å². The van der Waals surface area contributed by atoms with Gasteiger partial charge in [-0.15, -0.1) is 0 Å². The topological polar surface area (TPSA) is 105 Å². The summed E-state index contributed by atoms with van der Waals surface area (Å²) in [6, 6.07) is 6.31. The number of rotatable bonds is 9. The summed E-state index contributed by atoms with van der Waals surface area (Å²) < 4.78 is 19.2. The molecule has 240 valence electrons. The molecule has 9 heteroatoms. The molecular formula is C35H50N4O5. The summed E-state index contributed by atoms with van der Waals surface area (Å²) in [4.78, 5) is 31.7. The van der Waals surface area contributed by atoms with Gasteiger partial charge in [0.05, 0.1) is 30.0 Å². The number of nitrogens with one attached hydrogen (secondary N) is 3. The zero-order chi connectivity index (χ0) is 31.2. The Bertz CT molecular complexity index is 1420. The van der Waals surface area contributed by atoms with E-state index in [9.17, 15) is 9.59 Å². The van der Waals surface area contributed by atoms with E-state index in [1.165, 1.54) is 0 Å². The van der Waals surface area contributed by atoms with Gasteiger partial charge < -0.3 is 34.7 Å². The van der Waals surface area contributed by atoms with Gasteiger partial charge in [-0.3, -0.25) is 9.59 Å². The van der Waals surface area contributed by atoms with Crippen LogP contribution < -0.4 is 25.8 Å². The number of fused-ring (bicyclic) bond motifs is 2. The van der Waals surface area contributed by atoms with E-state index in [2.05, 4.69) is 47.4 Å². The second kappa shape index (κ2) is 12.5. The number of pyridine rings is 1. The molecule has 0 radical (unpaired) electrons. The largest absolute Gasteiger partial charge is 0.490 e. The minimum absolute atomic E-state index is 0.0758. The molecule has 1 amide bonds. The summed E-state index contributed by atoms with van der Waals surface area (Å²) in [6.45, 7) is 15.1. The number of H-pyrrole nitrogens is 1. The minimum Gasteiger partial charge on any atom is -0.490 e. The van der Waals surface area contributed by atoms with Gasteiger partial charge in [0, 0.05) is 60.8 Å². The molecule has 3 saturated heterocycles. The SMILES string of the molecule is CCN(c1cc(OC2CC(C3(C)CNCC(C)O3)C2)cc(C(=O)NCc2c(C)cc(C)[nH]c2=O)c1C)C1CC2CCC(C1)O2. The van der Waals surface area contributed by atoms with Gasteiger partial charge in [-0.1, -0.05) is 0 Å². The molecule has 2 bridgehead atoms. The molecule has 6 rings (SSSR count). The Balaban J connectivity index is 1.24. The molecule has 1 saturated carbocycles. The number of hydrogen-bond acceptors (Lipinski definition) is 7. The number of aryl methyl sites for hydroxylation is 2. The van der Waals surface area contributed by atoms with Crippen molar-refractivity contribution in [1.29, 1.82) is 0 Å². The first-order valence-corrected chi connectivity index (χ1v) is 16.6. The maximum absolute atomic E-state index is 13.8. The maximum atomic E-state index is 13.8. The molecule has 4 fully saturated rings. The molecular weight excluding hydrogens is 556 g/mol. The van der Waals surface area contributed by atoms with Gasteiger partial charge in [0.25, 0.3) is 11.5 Å². The smallest absolute Gasteiger partial charge is 0.253 e. The van der Waals surface area contributed by atoms with Crippen molar-refractivity contribution in [2.24, 2.45) is 5.92 Å². The number of amides is 1. The Morgan fingerprint density at radius 2 is 1.84 bits per heavy atom. The van der Waals surface area contributed by atoms with Crippen molar-refractivity contribution in [1.82, 2.24) is 15.6 Å². The van der Waals surface area contributed by atoms with Crippen LogP contribution in [0.5, 0.6) is 5.75 Å². The van der Waals surface area contributed by atoms with Gasteiger partial charge in [0.1, 0.15) is 5.75 Å². The van der Waals surface area contributed by atoms with Crippen LogP contribution in [-0.2, 0) is 16.0 Å². The predicted octanol–water partition coefficient (Wildman–Crippen LogP) is 4.69. The fourth-order valence-corrected chi connectivity index (χ4v) is 8.01. The second-order valence-electron chi connectivity index (χ2n) is 13.9. The van der Waals surface area contributed by atoms with Crippen LogP contribution in [0.2, 0.25) is 0 Å². The maximum Gasteiger partial charge on any atom is 0.253 e. The average Bonchev–Trinajstić information content (AvgIpc) is 3.28. The average molecular weight is 607 g/mol. The molecule has 2 aromatic rings. The lowest BCUT2D eigenvalue weighted by atomic mass is 9.71. The molecule has 3 aliphatic heterocycles. The number of carbonyl (C=O) groups is 1. The number of carbonyl (C=O) groups excluding carboxylic acids is 1. The highest BCUT2D eigenvalue weighted by atomic mass is 16.5. The molecule has 1 aromatic carbocycles. The Morgan fingerprint density at radius 1 is 1.11 bits per heavy atom. The highest BCUT2D eigenvalue weighted by molar-refractivity contribution is 5.97. The molecule has 4 aliphatic rings. The molecule has 4 unspecified atom stereocenters. The Morgan fingerprint density at radius 3 is 2.50 bits per heavy atom. The van der Waals surface area contributed by atoms with Crippen molar-refractivity contribution in [3.05, 3.63) is 56.5 Å². The van der Waals surface area contributed by atoms with Gasteiger partial charge in [0.2, 0.25) is 0 Å². The lowest BCUT2D eigenvalue weighted by molar-refractivity contribution is -0.163. The summed E-state index contributed by atoms with van der Waals surface area (Å²) in [5.74, 6) is 0.945. The fourth-order valence-electron chi connectivity index (χ4n) is 8.01. The van der Waals surface area contributed by atoms with E-state index in [1.54, 1.807) is 0 Å². The van der Waals surface area contributed by atoms with E-state index in [1.807, 2.05) is 32.9 Å². The number of anilines is 1. The number of aromatic amines is 1. The minimum atomic E-state index is -0.202. The van der Waals surface area contributed by atoms with E-state index in [0.717, 1.165) is 86.4 Å². The quantitative estimate of drug-likeness (QED) is 0.381. The van der Waals surface area contributed by atoms with E-state index < -0.39 is 0 Å². The van der Waals surface area contributed by atoms with Crippen molar-refractivity contribution in [2.75, 3.05) is 24.5 Å². The number of aromatic nitrogens is 1. The highest BCUT2D eigenvalue weighted by Crippen LogP contribution is 2.43. The van der Waals surface area contributed by atoms with Crippen LogP contribution in [0.3, 0.4) is 0 Å². The zero-order valence-electron chi connectivity index (χ0n) is 27.3. The van der Waals surface area contributed by atoms with Crippen LogP contribution in [-0.4, -0.2) is 66.6 Å². The first-order chi connectivity index (χ1) is 21.0. The monoisotopic (exact) mass is 606 g/mol. The molecule has 1 aromatic heterocycles. The Hall–Kier alpha value is -2.88. The van der Waals surface area contributed by atoms with Gasteiger partial charge in [-0.2, -0.15) is 0 Å². The normalized spacial score (nSPS) is 31.3. The molecule has 1 aliphatic carbocycles. The highest BCUT2D eigenvalue weighted by Gasteiger charge is 2.47. The standard InChI is InChI=1S/C35H50N4O5/c1-7-39(25-13-26-8-9-27(14-25)42-26)32-16-29(43-28-11-24(12-28)35(6)19-36-17-22(4)44-35)15-30(23(32)5)33(40)37-18-31-20(2)10-21(3)38-34(31)41/h10,15-16,22,24-28,36H,7-9,11-14,17-19H2,1-6H3,(H,37,40)(H,38,41). The molecule has 9 nitrogen and oxygen atoms in total. The summed E-state index contributed by atoms with van der Waals surface area (Å²) in [6.07, 6.45) is 7.02. The number of hydrogen-bond donors (Lipinski definition) is 3. The first-order valence-electron chi connectivity index (χ1n) is 16.6. The van der Waals surface area contributed by atoms with Gasteiger partial charge in [0.15, 0.2) is 0 Å². The number of ether oxygens (including phenoxy) is 3. The summed E-state index contributed by atoms with van der Waals surface area (Å²) in [7, 11) is 0. The lowest BCUT2D eigenvalue weighted by Gasteiger charge is -2.49. The molecule has 4 atom stereocenters. The third-order valence-electron chi connectivity index (χ3n) is 10.5. The van der Waals surface area contributed by atoms with E-state index in [0.29, 0.717) is 35.3 Å². The number of morpholine rings is 1. The van der Waals surface area contributed by atoms with Crippen LogP contribution in [0.1, 0.15) is 92.0 Å². The van der Waals surface area contributed by atoms with E-state index >= 15 is 0 Å². The van der Waals surface area contributed by atoms with Crippen LogP contribution in [0.25, 0.3) is 0 Å². The van der Waals surface area contributed by atoms with Crippen LogP contribution in [0.4, 0.5) is 5.69 Å². The zero-order valence-corrected chi connectivity index (χ0v) is 27.3. The third kappa shape index (κ3) is 6.28. The molecule has 44 heavy (non-hydrogen) atoms. The summed E-state index contributed by atoms with van der Waals surface area (Å²) in [5.41, 5.74) is 4.46. The van der Waals surface area contributed by atoms with Gasteiger partial charge in [-0.05, 0) is 109 Å². The van der Waals surface area contributed by atoms with Crippen LogP contribution in [0, 0.1) is 26.7 Å². The Kier molecular flexibility index (Phi) is 8.83. The number of nitrogens with zero attached hydrogens (tertiary/aromatic N) is 1. The molecule has 4 heterocycles. The van der Waals surface area contributed by atoms with Gasteiger partial charge in [-0.25, -0.2) is 0 Å². The van der Waals surface area contributed by atoms with Crippen molar-refractivity contribution in [3.8, 4) is 5.75 Å². The van der Waals surface area contributed by atoms with E-state index in [-0.39, 0.29) is 35.8 Å². The van der Waals surface area contributed by atoms with Gasteiger partial charge >= 0.3 is 0 Å². The van der Waals surface area contributed by atoms with Crippen LogP contribution in [0.15, 0.2) is 23.0 Å². The van der Waals surface area contributed by atoms with Crippen molar-refractivity contribution < 1.29 is 19.0 Å². The fraction of sp³-hybridized carbons (Fsp3) is 0.657. The molecule has 0 spiro atoms. The van der Waals surface area contributed by atoms with Crippen molar-refractivity contribution >= 4 is 11.6 Å². The summed E-state index contributed by atoms with van der Waals surface area (Å²) in [5, 5.41) is 6.56.